The molecule has 1 heterocycles. The first-order valence-corrected chi connectivity index (χ1v) is 6.72. The van der Waals surface area contributed by atoms with E-state index in [1.54, 1.807) is 4.90 Å². The molecule has 1 aliphatic rings. The molecule has 18 heavy (non-hydrogen) atoms. The van der Waals surface area contributed by atoms with Crippen LogP contribution in [0.2, 0.25) is 0 Å². The van der Waals surface area contributed by atoms with Crippen molar-refractivity contribution in [2.45, 2.75) is 38.0 Å². The van der Waals surface area contributed by atoms with Gasteiger partial charge in [0.15, 0.2) is 0 Å². The molecular formula is C12H20ClF2NO2. The van der Waals surface area contributed by atoms with E-state index in [4.69, 9.17) is 16.3 Å². The molecule has 106 valence electrons. The number of hydrogen-bond donors (Lipinski definition) is 0. The highest BCUT2D eigenvalue weighted by atomic mass is 35.5. The lowest BCUT2D eigenvalue weighted by molar-refractivity contribution is -0.134. The van der Waals surface area contributed by atoms with Gasteiger partial charge in [-0.15, -0.1) is 11.6 Å². The van der Waals surface area contributed by atoms with Crippen molar-refractivity contribution in [3.63, 3.8) is 0 Å². The van der Waals surface area contributed by atoms with Crippen molar-refractivity contribution in [3.05, 3.63) is 0 Å². The Kier molecular flexibility index (Phi) is 6.86. The van der Waals surface area contributed by atoms with Gasteiger partial charge < -0.3 is 9.64 Å². The van der Waals surface area contributed by atoms with E-state index in [9.17, 15) is 13.6 Å². The van der Waals surface area contributed by atoms with Crippen molar-refractivity contribution < 1.29 is 18.3 Å². The Morgan fingerprint density at radius 2 is 2.06 bits per heavy atom. The summed E-state index contributed by atoms with van der Waals surface area (Å²) >= 11 is 6.02. The first-order valence-electron chi connectivity index (χ1n) is 6.28. The monoisotopic (exact) mass is 283 g/mol. The van der Waals surface area contributed by atoms with Crippen LogP contribution in [-0.2, 0) is 9.53 Å². The summed E-state index contributed by atoms with van der Waals surface area (Å²) in [5, 5.41) is 0.136. The van der Waals surface area contributed by atoms with Gasteiger partial charge in [0.25, 0.3) is 6.43 Å². The number of rotatable bonds is 6. The first-order chi connectivity index (χ1) is 8.50. The molecule has 0 spiro atoms. The predicted molar refractivity (Wildman–Crippen MR) is 66.1 cm³/mol. The summed E-state index contributed by atoms with van der Waals surface area (Å²) < 4.78 is 28.3. The van der Waals surface area contributed by atoms with Gasteiger partial charge in [-0.2, -0.15) is 0 Å². The van der Waals surface area contributed by atoms with Crippen molar-refractivity contribution in [2.75, 3.05) is 26.3 Å². The van der Waals surface area contributed by atoms with Crippen LogP contribution >= 0.6 is 11.6 Å². The third kappa shape index (κ3) is 5.48. The minimum atomic E-state index is -2.47. The van der Waals surface area contributed by atoms with Gasteiger partial charge in [0.2, 0.25) is 5.91 Å². The van der Waals surface area contributed by atoms with Crippen LogP contribution < -0.4 is 0 Å². The molecule has 1 rings (SSSR count). The largest absolute Gasteiger partial charge is 0.375 e. The molecule has 1 fully saturated rings. The number of amides is 1. The maximum atomic E-state index is 11.8. The van der Waals surface area contributed by atoms with Crippen LogP contribution in [0.15, 0.2) is 0 Å². The number of ether oxygens (including phenoxy) is 1. The van der Waals surface area contributed by atoms with Crippen LogP contribution in [0.5, 0.6) is 0 Å². The molecule has 0 N–H and O–H groups in total. The van der Waals surface area contributed by atoms with Gasteiger partial charge >= 0.3 is 0 Å². The SMILES string of the molecule is CC(Cl)C1CCN(C(=O)CCOCC(F)F)CC1. The lowest BCUT2D eigenvalue weighted by Gasteiger charge is -2.33. The summed E-state index contributed by atoms with van der Waals surface area (Å²) in [4.78, 5) is 13.5. The van der Waals surface area contributed by atoms with Crippen LogP contribution in [-0.4, -0.2) is 48.9 Å². The predicted octanol–water partition coefficient (Wildman–Crippen LogP) is 2.52. The summed E-state index contributed by atoms with van der Waals surface area (Å²) in [6, 6.07) is 0. The van der Waals surface area contributed by atoms with E-state index in [1.807, 2.05) is 6.92 Å². The van der Waals surface area contributed by atoms with Crippen LogP contribution in [0.25, 0.3) is 0 Å². The second-order valence-electron chi connectivity index (χ2n) is 4.61. The summed E-state index contributed by atoms with van der Waals surface area (Å²) in [7, 11) is 0. The van der Waals surface area contributed by atoms with E-state index < -0.39 is 13.0 Å². The Morgan fingerprint density at radius 3 is 2.56 bits per heavy atom. The summed E-state index contributed by atoms with van der Waals surface area (Å²) in [6.45, 7) is 2.85. The van der Waals surface area contributed by atoms with Gasteiger partial charge in [-0.25, -0.2) is 8.78 Å². The number of likely N-dealkylation sites (tertiary alicyclic amines) is 1. The number of alkyl halides is 3. The zero-order valence-electron chi connectivity index (χ0n) is 10.6. The van der Waals surface area contributed by atoms with E-state index in [1.165, 1.54) is 0 Å². The molecule has 1 unspecified atom stereocenters. The van der Waals surface area contributed by atoms with Gasteiger partial charge in [0.1, 0.15) is 6.61 Å². The normalized spacial score (nSPS) is 19.3. The maximum Gasteiger partial charge on any atom is 0.261 e. The Morgan fingerprint density at radius 1 is 1.44 bits per heavy atom. The van der Waals surface area contributed by atoms with Crippen molar-refractivity contribution in [1.82, 2.24) is 4.90 Å². The number of nitrogens with zero attached hydrogens (tertiary/aromatic N) is 1. The molecule has 0 saturated carbocycles. The van der Waals surface area contributed by atoms with Crippen molar-refractivity contribution in [1.29, 1.82) is 0 Å². The Balaban J connectivity index is 2.16. The standard InChI is InChI=1S/C12H20ClF2NO2/c1-9(13)10-2-5-16(6-3-10)12(17)4-7-18-8-11(14)15/h9-11H,2-8H2,1H3. The van der Waals surface area contributed by atoms with Gasteiger partial charge in [-0.1, -0.05) is 0 Å². The van der Waals surface area contributed by atoms with Gasteiger partial charge in [-0.05, 0) is 25.7 Å². The highest BCUT2D eigenvalue weighted by Crippen LogP contribution is 2.24. The minimum Gasteiger partial charge on any atom is -0.375 e. The van der Waals surface area contributed by atoms with E-state index in [0.717, 1.165) is 12.8 Å². The van der Waals surface area contributed by atoms with E-state index in [0.29, 0.717) is 19.0 Å². The van der Waals surface area contributed by atoms with Crippen molar-refractivity contribution >= 4 is 17.5 Å². The number of halogens is 3. The van der Waals surface area contributed by atoms with Crippen molar-refractivity contribution in [3.8, 4) is 0 Å². The zero-order chi connectivity index (χ0) is 13.5. The molecule has 0 aromatic rings. The molecule has 6 heteroatoms. The lowest BCUT2D eigenvalue weighted by Crippen LogP contribution is -2.40. The van der Waals surface area contributed by atoms with Crippen molar-refractivity contribution in [2.24, 2.45) is 5.92 Å². The van der Waals surface area contributed by atoms with Crippen LogP contribution in [0, 0.1) is 5.92 Å². The van der Waals surface area contributed by atoms with Crippen LogP contribution in [0.4, 0.5) is 8.78 Å². The fraction of sp³-hybridized carbons (Fsp3) is 0.917. The van der Waals surface area contributed by atoms with E-state index in [-0.39, 0.29) is 24.3 Å². The molecule has 1 saturated heterocycles. The molecule has 1 aliphatic heterocycles. The highest BCUT2D eigenvalue weighted by Gasteiger charge is 2.25. The first kappa shape index (κ1) is 15.6. The molecule has 0 bridgehead atoms. The molecule has 1 amide bonds. The van der Waals surface area contributed by atoms with E-state index in [2.05, 4.69) is 0 Å². The van der Waals surface area contributed by atoms with Crippen LogP contribution in [0.1, 0.15) is 26.2 Å². The van der Waals surface area contributed by atoms with Crippen LogP contribution in [0.3, 0.4) is 0 Å². The molecule has 0 aliphatic carbocycles. The topological polar surface area (TPSA) is 29.5 Å². The quantitative estimate of drug-likeness (QED) is 0.554. The fourth-order valence-electron chi connectivity index (χ4n) is 2.10. The second kappa shape index (κ2) is 7.89. The molecule has 3 nitrogen and oxygen atoms in total. The number of carbonyl (C=O) groups is 1. The fourth-order valence-corrected chi connectivity index (χ4v) is 2.35. The minimum absolute atomic E-state index is 0.0232. The summed E-state index contributed by atoms with van der Waals surface area (Å²) in [5.41, 5.74) is 0. The average Bonchev–Trinajstić information content (AvgIpc) is 2.34. The third-order valence-corrected chi connectivity index (χ3v) is 3.60. The lowest BCUT2D eigenvalue weighted by atomic mass is 9.94. The summed E-state index contributed by atoms with van der Waals surface area (Å²) in [5.74, 6) is 0.441. The smallest absolute Gasteiger partial charge is 0.261 e. The molecule has 1 atom stereocenters. The average molecular weight is 284 g/mol. The number of carbonyl (C=O) groups excluding carboxylic acids is 1. The number of piperidine rings is 1. The van der Waals surface area contributed by atoms with Gasteiger partial charge in [0, 0.05) is 18.5 Å². The third-order valence-electron chi connectivity index (χ3n) is 3.25. The molecular weight excluding hydrogens is 264 g/mol. The maximum absolute atomic E-state index is 11.8. The van der Waals surface area contributed by atoms with Gasteiger partial charge in [-0.3, -0.25) is 4.79 Å². The second-order valence-corrected chi connectivity index (χ2v) is 5.30. The van der Waals surface area contributed by atoms with E-state index >= 15 is 0 Å². The Labute approximate surface area is 111 Å². The Bertz CT molecular complexity index is 256. The van der Waals surface area contributed by atoms with Gasteiger partial charge in [0.05, 0.1) is 13.0 Å². The summed E-state index contributed by atoms with van der Waals surface area (Å²) in [6.07, 6.45) is -0.475. The molecule has 0 aromatic heterocycles. The highest BCUT2D eigenvalue weighted by molar-refractivity contribution is 6.20. The zero-order valence-corrected chi connectivity index (χ0v) is 11.3. The Hall–Kier alpha value is -0.420. The number of hydrogen-bond acceptors (Lipinski definition) is 2. The molecule has 0 radical (unpaired) electrons. The molecule has 0 aromatic carbocycles.